The third kappa shape index (κ3) is 4.18. The van der Waals surface area contributed by atoms with Gasteiger partial charge in [-0.25, -0.2) is 0 Å². The highest BCUT2D eigenvalue weighted by atomic mass is 16.2. The molecule has 0 radical (unpaired) electrons. The van der Waals surface area contributed by atoms with E-state index in [0.29, 0.717) is 24.5 Å². The van der Waals surface area contributed by atoms with Crippen LogP contribution in [0.5, 0.6) is 0 Å². The topological polar surface area (TPSA) is 35.6 Å². The standard InChI is InChI=1S/C15H29N3O/c1-3-16-13-6-8-14(9-7-13)17(2)12-15(19)18-10-4-5-11-18/h13-14,16H,3-12H2,1-2H3. The minimum absolute atomic E-state index is 0.328. The Bertz CT molecular complexity index is 281. The van der Waals surface area contributed by atoms with Crippen LogP contribution >= 0.6 is 0 Å². The SMILES string of the molecule is CCNC1CCC(N(C)CC(=O)N2CCCC2)CC1. The molecule has 0 atom stereocenters. The smallest absolute Gasteiger partial charge is 0.236 e. The summed E-state index contributed by atoms with van der Waals surface area (Å²) in [6.45, 7) is 5.79. The van der Waals surface area contributed by atoms with Crippen LogP contribution in [0.25, 0.3) is 0 Å². The average Bonchev–Trinajstić information content (AvgIpc) is 2.94. The Hall–Kier alpha value is -0.610. The molecule has 0 aromatic rings. The van der Waals surface area contributed by atoms with Gasteiger partial charge in [0.25, 0.3) is 0 Å². The molecular formula is C15H29N3O. The fourth-order valence-electron chi connectivity index (χ4n) is 3.42. The van der Waals surface area contributed by atoms with Crippen molar-refractivity contribution in [2.24, 2.45) is 0 Å². The highest BCUT2D eigenvalue weighted by Crippen LogP contribution is 2.22. The van der Waals surface area contributed by atoms with Gasteiger partial charge in [-0.2, -0.15) is 0 Å². The molecule has 1 saturated heterocycles. The minimum atomic E-state index is 0.328. The van der Waals surface area contributed by atoms with Gasteiger partial charge in [0.2, 0.25) is 5.91 Å². The molecule has 1 aliphatic heterocycles. The molecular weight excluding hydrogens is 238 g/mol. The fraction of sp³-hybridized carbons (Fsp3) is 0.933. The summed E-state index contributed by atoms with van der Waals surface area (Å²) in [7, 11) is 2.12. The molecule has 110 valence electrons. The summed E-state index contributed by atoms with van der Waals surface area (Å²) >= 11 is 0. The fourth-order valence-corrected chi connectivity index (χ4v) is 3.42. The van der Waals surface area contributed by atoms with Crippen LogP contribution in [0.1, 0.15) is 45.4 Å². The summed E-state index contributed by atoms with van der Waals surface area (Å²) in [6, 6.07) is 1.30. The Balaban J connectivity index is 1.71. The maximum atomic E-state index is 12.1. The molecule has 0 unspecified atom stereocenters. The van der Waals surface area contributed by atoms with Gasteiger partial charge in [-0.05, 0) is 52.1 Å². The summed E-state index contributed by atoms with van der Waals surface area (Å²) in [6.07, 6.45) is 7.32. The average molecular weight is 267 g/mol. The first kappa shape index (κ1) is 14.8. The molecule has 0 aromatic carbocycles. The molecule has 1 N–H and O–H groups in total. The number of amides is 1. The van der Waals surface area contributed by atoms with E-state index >= 15 is 0 Å². The van der Waals surface area contributed by atoms with Crippen LogP contribution in [0.15, 0.2) is 0 Å². The third-order valence-corrected chi connectivity index (χ3v) is 4.66. The largest absolute Gasteiger partial charge is 0.342 e. The number of nitrogens with zero attached hydrogens (tertiary/aromatic N) is 2. The van der Waals surface area contributed by atoms with Crippen molar-refractivity contribution < 1.29 is 4.79 Å². The Morgan fingerprint density at radius 2 is 1.84 bits per heavy atom. The van der Waals surface area contributed by atoms with Gasteiger partial charge in [0.15, 0.2) is 0 Å². The van der Waals surface area contributed by atoms with Crippen molar-refractivity contribution in [3.63, 3.8) is 0 Å². The van der Waals surface area contributed by atoms with Gasteiger partial charge < -0.3 is 10.2 Å². The molecule has 0 bridgehead atoms. The van der Waals surface area contributed by atoms with Crippen molar-refractivity contribution in [1.29, 1.82) is 0 Å². The molecule has 1 saturated carbocycles. The van der Waals surface area contributed by atoms with E-state index in [1.54, 1.807) is 0 Å². The number of likely N-dealkylation sites (N-methyl/N-ethyl adjacent to an activating group) is 1. The second-order valence-electron chi connectivity index (χ2n) is 6.07. The van der Waals surface area contributed by atoms with Gasteiger partial charge in [0.05, 0.1) is 6.54 Å². The van der Waals surface area contributed by atoms with Crippen LogP contribution in [0.2, 0.25) is 0 Å². The second kappa shape index (κ2) is 7.25. The zero-order valence-corrected chi connectivity index (χ0v) is 12.5. The van der Waals surface area contributed by atoms with Crippen LogP contribution in [-0.2, 0) is 4.79 Å². The summed E-state index contributed by atoms with van der Waals surface area (Å²) in [5.74, 6) is 0.328. The minimum Gasteiger partial charge on any atom is -0.342 e. The quantitative estimate of drug-likeness (QED) is 0.819. The molecule has 1 aliphatic carbocycles. The normalized spacial score (nSPS) is 28.1. The predicted octanol–water partition coefficient (Wildman–Crippen LogP) is 1.46. The van der Waals surface area contributed by atoms with Gasteiger partial charge in [0, 0.05) is 25.2 Å². The Morgan fingerprint density at radius 3 is 2.42 bits per heavy atom. The third-order valence-electron chi connectivity index (χ3n) is 4.66. The van der Waals surface area contributed by atoms with E-state index in [1.165, 1.54) is 38.5 Å². The zero-order valence-electron chi connectivity index (χ0n) is 12.5. The maximum absolute atomic E-state index is 12.1. The lowest BCUT2D eigenvalue weighted by molar-refractivity contribution is -0.131. The molecule has 0 aromatic heterocycles. The van der Waals surface area contributed by atoms with Crippen molar-refractivity contribution in [2.45, 2.75) is 57.5 Å². The molecule has 4 heteroatoms. The van der Waals surface area contributed by atoms with Gasteiger partial charge in [-0.1, -0.05) is 6.92 Å². The van der Waals surface area contributed by atoms with Crippen molar-refractivity contribution in [2.75, 3.05) is 33.2 Å². The number of likely N-dealkylation sites (tertiary alicyclic amines) is 1. The number of rotatable bonds is 5. The summed E-state index contributed by atoms with van der Waals surface area (Å²) in [5.41, 5.74) is 0. The predicted molar refractivity (Wildman–Crippen MR) is 78.2 cm³/mol. The number of hydrogen-bond donors (Lipinski definition) is 1. The Labute approximate surface area is 117 Å². The molecule has 2 aliphatic rings. The molecule has 1 heterocycles. The number of carbonyl (C=O) groups excluding carboxylic acids is 1. The Morgan fingerprint density at radius 1 is 1.21 bits per heavy atom. The summed E-state index contributed by atoms with van der Waals surface area (Å²) in [5, 5.41) is 3.54. The van der Waals surface area contributed by atoms with Crippen molar-refractivity contribution in [3.8, 4) is 0 Å². The molecule has 2 fully saturated rings. The van der Waals surface area contributed by atoms with Crippen LogP contribution in [0.3, 0.4) is 0 Å². The van der Waals surface area contributed by atoms with E-state index in [4.69, 9.17) is 0 Å². The first-order chi connectivity index (χ1) is 9.20. The van der Waals surface area contributed by atoms with Crippen LogP contribution < -0.4 is 5.32 Å². The lowest BCUT2D eigenvalue weighted by atomic mass is 9.90. The lowest BCUT2D eigenvalue weighted by Crippen LogP contribution is -2.45. The van der Waals surface area contributed by atoms with Crippen molar-refractivity contribution in [1.82, 2.24) is 15.1 Å². The van der Waals surface area contributed by atoms with Crippen LogP contribution in [0.4, 0.5) is 0 Å². The first-order valence-corrected chi connectivity index (χ1v) is 7.92. The zero-order chi connectivity index (χ0) is 13.7. The van der Waals surface area contributed by atoms with Crippen molar-refractivity contribution in [3.05, 3.63) is 0 Å². The molecule has 2 rings (SSSR count). The monoisotopic (exact) mass is 267 g/mol. The van der Waals surface area contributed by atoms with E-state index < -0.39 is 0 Å². The number of hydrogen-bond acceptors (Lipinski definition) is 3. The second-order valence-corrected chi connectivity index (χ2v) is 6.07. The summed E-state index contributed by atoms with van der Waals surface area (Å²) in [4.78, 5) is 16.4. The highest BCUT2D eigenvalue weighted by molar-refractivity contribution is 5.78. The van der Waals surface area contributed by atoms with Crippen molar-refractivity contribution >= 4 is 5.91 Å². The van der Waals surface area contributed by atoms with Crippen LogP contribution in [0, 0.1) is 0 Å². The molecule has 19 heavy (non-hydrogen) atoms. The molecule has 1 amide bonds. The van der Waals surface area contributed by atoms with Gasteiger partial charge in [0.1, 0.15) is 0 Å². The van der Waals surface area contributed by atoms with E-state index in [0.717, 1.165) is 19.6 Å². The van der Waals surface area contributed by atoms with Gasteiger partial charge in [-0.3, -0.25) is 9.69 Å². The van der Waals surface area contributed by atoms with Gasteiger partial charge in [-0.15, -0.1) is 0 Å². The van der Waals surface area contributed by atoms with Crippen LogP contribution in [-0.4, -0.2) is 61.0 Å². The van der Waals surface area contributed by atoms with Gasteiger partial charge >= 0.3 is 0 Å². The van der Waals surface area contributed by atoms with E-state index in [1.807, 2.05) is 4.90 Å². The maximum Gasteiger partial charge on any atom is 0.236 e. The molecule has 0 spiro atoms. The molecule has 4 nitrogen and oxygen atoms in total. The Kier molecular flexibility index (Phi) is 5.64. The lowest BCUT2D eigenvalue weighted by Gasteiger charge is -2.35. The first-order valence-electron chi connectivity index (χ1n) is 7.92. The van der Waals surface area contributed by atoms with E-state index in [2.05, 4.69) is 24.2 Å². The number of carbonyl (C=O) groups is 1. The number of nitrogens with one attached hydrogen (secondary N) is 1. The summed E-state index contributed by atoms with van der Waals surface area (Å²) < 4.78 is 0. The van der Waals surface area contributed by atoms with E-state index in [-0.39, 0.29) is 0 Å². The highest BCUT2D eigenvalue weighted by Gasteiger charge is 2.26. The van der Waals surface area contributed by atoms with E-state index in [9.17, 15) is 4.79 Å².